The molecule has 0 saturated carbocycles. The summed E-state index contributed by atoms with van der Waals surface area (Å²) in [6.45, 7) is 0.338. The summed E-state index contributed by atoms with van der Waals surface area (Å²) in [7, 11) is 0. The third kappa shape index (κ3) is 3.22. The van der Waals surface area contributed by atoms with Gasteiger partial charge in [0.05, 0.1) is 26.0 Å². The van der Waals surface area contributed by atoms with Crippen molar-refractivity contribution in [3.63, 3.8) is 0 Å². The Bertz CT molecular complexity index is 1080. The molecule has 0 aliphatic rings. The fourth-order valence-corrected chi connectivity index (χ4v) is 4.22. The van der Waals surface area contributed by atoms with Gasteiger partial charge in [0.15, 0.2) is 5.82 Å². The van der Waals surface area contributed by atoms with Crippen molar-refractivity contribution >= 4 is 56.4 Å². The van der Waals surface area contributed by atoms with Gasteiger partial charge in [-0.3, -0.25) is 0 Å². The topological polar surface area (TPSA) is 89.6 Å². The lowest BCUT2D eigenvalue weighted by Gasteiger charge is -2.05. The minimum atomic E-state index is 0.338. The maximum atomic E-state index is 6.32. The third-order valence-electron chi connectivity index (χ3n) is 3.66. The average molecular weight is 403 g/mol. The molecule has 0 aliphatic carbocycles. The van der Waals surface area contributed by atoms with E-state index in [2.05, 4.69) is 25.3 Å². The molecule has 0 spiro atoms. The number of halogens is 2. The normalized spacial score (nSPS) is 11.0. The van der Waals surface area contributed by atoms with Crippen molar-refractivity contribution in [3.8, 4) is 10.6 Å². The SMILES string of the molecule is NCc1cc(Nc2nccc3nc(-c4c(Cl)cccc4Cl)sc23)ncn1. The zero-order valence-corrected chi connectivity index (χ0v) is 15.6. The molecule has 1 aromatic carbocycles. The Morgan fingerprint density at radius 3 is 2.65 bits per heavy atom. The van der Waals surface area contributed by atoms with Gasteiger partial charge in [0.2, 0.25) is 0 Å². The lowest BCUT2D eigenvalue weighted by molar-refractivity contribution is 0.965. The maximum Gasteiger partial charge on any atom is 0.151 e. The largest absolute Gasteiger partial charge is 0.325 e. The Hall–Kier alpha value is -2.32. The molecular weight excluding hydrogens is 391 g/mol. The van der Waals surface area contributed by atoms with Crippen molar-refractivity contribution in [3.05, 3.63) is 58.6 Å². The molecule has 3 heterocycles. The van der Waals surface area contributed by atoms with Gasteiger partial charge in [-0.05, 0) is 18.2 Å². The van der Waals surface area contributed by atoms with E-state index in [1.807, 2.05) is 6.07 Å². The summed E-state index contributed by atoms with van der Waals surface area (Å²) in [5.74, 6) is 1.27. The quantitative estimate of drug-likeness (QED) is 0.515. The van der Waals surface area contributed by atoms with Crippen LogP contribution in [-0.2, 0) is 6.54 Å². The number of hydrogen-bond donors (Lipinski definition) is 2. The van der Waals surface area contributed by atoms with Crippen LogP contribution in [0.15, 0.2) is 42.9 Å². The van der Waals surface area contributed by atoms with Crippen LogP contribution in [0.3, 0.4) is 0 Å². The second-order valence-electron chi connectivity index (χ2n) is 5.35. The summed E-state index contributed by atoms with van der Waals surface area (Å²) < 4.78 is 0.881. The molecule has 0 radical (unpaired) electrons. The van der Waals surface area contributed by atoms with Gasteiger partial charge in [-0.2, -0.15) is 0 Å². The second-order valence-corrected chi connectivity index (χ2v) is 7.16. The molecule has 0 amide bonds. The highest BCUT2D eigenvalue weighted by Crippen LogP contribution is 2.40. The Labute approximate surface area is 163 Å². The molecule has 9 heteroatoms. The number of pyridine rings is 1. The summed E-state index contributed by atoms with van der Waals surface area (Å²) in [5.41, 5.74) is 7.89. The van der Waals surface area contributed by atoms with Crippen LogP contribution in [0.4, 0.5) is 11.6 Å². The number of fused-ring (bicyclic) bond motifs is 1. The molecule has 4 aromatic rings. The number of nitrogens with one attached hydrogen (secondary N) is 1. The van der Waals surface area contributed by atoms with Crippen molar-refractivity contribution in [2.45, 2.75) is 6.54 Å². The summed E-state index contributed by atoms with van der Waals surface area (Å²) in [6, 6.07) is 9.02. The molecule has 0 atom stereocenters. The van der Waals surface area contributed by atoms with Crippen LogP contribution >= 0.6 is 34.5 Å². The highest BCUT2D eigenvalue weighted by Gasteiger charge is 2.16. The first kappa shape index (κ1) is 17.1. The molecule has 6 nitrogen and oxygen atoms in total. The van der Waals surface area contributed by atoms with E-state index in [1.165, 1.54) is 17.7 Å². The van der Waals surface area contributed by atoms with Crippen LogP contribution in [0.1, 0.15) is 5.69 Å². The second kappa shape index (κ2) is 7.13. The van der Waals surface area contributed by atoms with Crippen LogP contribution in [0.2, 0.25) is 10.0 Å². The first-order valence-electron chi connectivity index (χ1n) is 7.63. The van der Waals surface area contributed by atoms with E-state index >= 15 is 0 Å². The Kier molecular flexibility index (Phi) is 4.69. The fraction of sp³-hybridized carbons (Fsp3) is 0.0588. The molecule has 3 aromatic heterocycles. The predicted octanol–water partition coefficient (Wildman–Crippen LogP) is 4.66. The van der Waals surface area contributed by atoms with Crippen LogP contribution in [0.5, 0.6) is 0 Å². The molecule has 26 heavy (non-hydrogen) atoms. The summed E-state index contributed by atoms with van der Waals surface area (Å²) in [5, 5.41) is 5.05. The van der Waals surface area contributed by atoms with E-state index in [9.17, 15) is 0 Å². The molecular formula is C17H12Cl2N6S. The number of aromatic nitrogens is 4. The Balaban J connectivity index is 1.79. The minimum absolute atomic E-state index is 0.338. The standard InChI is InChI=1S/C17H12Cl2N6S/c18-10-2-1-3-11(19)14(10)17-24-12-4-5-21-16(15(12)26-17)25-13-6-9(7-20)22-8-23-13/h1-6,8H,7,20H2,(H,21,22,23,25). The monoisotopic (exact) mass is 402 g/mol. The molecule has 0 bridgehead atoms. The number of nitrogens with two attached hydrogens (primary N) is 1. The van der Waals surface area contributed by atoms with Crippen LogP contribution in [0, 0.1) is 0 Å². The summed E-state index contributed by atoms with van der Waals surface area (Å²) in [6.07, 6.45) is 3.15. The summed E-state index contributed by atoms with van der Waals surface area (Å²) in [4.78, 5) is 17.4. The first-order chi connectivity index (χ1) is 12.7. The number of benzene rings is 1. The van der Waals surface area contributed by atoms with Gasteiger partial charge in [-0.25, -0.2) is 19.9 Å². The van der Waals surface area contributed by atoms with Crippen molar-refractivity contribution in [1.29, 1.82) is 0 Å². The summed E-state index contributed by atoms with van der Waals surface area (Å²) >= 11 is 14.1. The highest BCUT2D eigenvalue weighted by molar-refractivity contribution is 7.22. The van der Waals surface area contributed by atoms with Crippen molar-refractivity contribution < 1.29 is 0 Å². The lowest BCUT2D eigenvalue weighted by Crippen LogP contribution is -2.02. The number of nitrogens with zero attached hydrogens (tertiary/aromatic N) is 4. The molecule has 0 unspecified atom stereocenters. The molecule has 3 N–H and O–H groups in total. The first-order valence-corrected chi connectivity index (χ1v) is 9.21. The van der Waals surface area contributed by atoms with E-state index in [4.69, 9.17) is 28.9 Å². The minimum Gasteiger partial charge on any atom is -0.325 e. The fourth-order valence-electron chi connectivity index (χ4n) is 2.45. The smallest absolute Gasteiger partial charge is 0.151 e. The predicted molar refractivity (Wildman–Crippen MR) is 106 cm³/mol. The molecule has 4 rings (SSSR count). The Morgan fingerprint density at radius 2 is 1.88 bits per heavy atom. The van der Waals surface area contributed by atoms with Gasteiger partial charge in [-0.15, -0.1) is 11.3 Å². The van der Waals surface area contributed by atoms with E-state index in [0.717, 1.165) is 26.5 Å². The van der Waals surface area contributed by atoms with Gasteiger partial charge in [0.1, 0.15) is 17.2 Å². The lowest BCUT2D eigenvalue weighted by atomic mass is 10.2. The van der Waals surface area contributed by atoms with Gasteiger partial charge in [0.25, 0.3) is 0 Å². The van der Waals surface area contributed by atoms with Gasteiger partial charge >= 0.3 is 0 Å². The molecule has 130 valence electrons. The molecule has 0 saturated heterocycles. The maximum absolute atomic E-state index is 6.32. The van der Waals surface area contributed by atoms with Crippen molar-refractivity contribution in [2.24, 2.45) is 5.73 Å². The van der Waals surface area contributed by atoms with Gasteiger partial charge in [0, 0.05) is 24.4 Å². The van der Waals surface area contributed by atoms with Gasteiger partial charge < -0.3 is 11.1 Å². The number of rotatable bonds is 4. The number of anilines is 2. The zero-order chi connectivity index (χ0) is 18.1. The molecule has 0 fully saturated rings. The van der Waals surface area contributed by atoms with E-state index in [1.54, 1.807) is 30.5 Å². The van der Waals surface area contributed by atoms with E-state index in [-0.39, 0.29) is 0 Å². The van der Waals surface area contributed by atoms with Crippen LogP contribution in [-0.4, -0.2) is 19.9 Å². The van der Waals surface area contributed by atoms with E-state index in [0.29, 0.717) is 28.2 Å². The number of thiazole rings is 1. The van der Waals surface area contributed by atoms with Gasteiger partial charge in [-0.1, -0.05) is 29.3 Å². The number of hydrogen-bond acceptors (Lipinski definition) is 7. The third-order valence-corrected chi connectivity index (χ3v) is 5.39. The highest BCUT2D eigenvalue weighted by atomic mass is 35.5. The Morgan fingerprint density at radius 1 is 1.08 bits per heavy atom. The van der Waals surface area contributed by atoms with E-state index < -0.39 is 0 Å². The average Bonchev–Trinajstić information content (AvgIpc) is 3.06. The van der Waals surface area contributed by atoms with Crippen molar-refractivity contribution in [1.82, 2.24) is 19.9 Å². The van der Waals surface area contributed by atoms with Crippen LogP contribution < -0.4 is 11.1 Å². The zero-order valence-electron chi connectivity index (χ0n) is 13.3. The van der Waals surface area contributed by atoms with Crippen LogP contribution in [0.25, 0.3) is 20.8 Å². The molecule has 0 aliphatic heterocycles. The van der Waals surface area contributed by atoms with Crippen molar-refractivity contribution in [2.75, 3.05) is 5.32 Å².